The van der Waals surface area contributed by atoms with Gasteiger partial charge in [-0.15, -0.1) is 0 Å². The SMILES string of the molecule is [N-]=[N+]=NCCCC(=O)OCCCOCC(COCC(COCC(COCC(COCC(COCC(COCCOC(=O)NCCN=[N+]=[N-])OCCOC(=O)CCCN=[N+]=[N-])OCCOC(=O)CCCN=[N+]=[N-])OCCOC(=O)CCCN=[N+]=[N-])OCCOC(=O)CCCN=[N+]=[N-])OCCOC(=O)CCCN=[N+]=[N-])OCCOC(=O)CCCN=[N+]=[N-]. The van der Waals surface area contributed by atoms with Crippen LogP contribution in [0, 0.1) is 0 Å². The molecule has 0 aliphatic carbocycles. The highest BCUT2D eigenvalue weighted by Crippen LogP contribution is 2.10. The molecule has 0 aromatic rings. The van der Waals surface area contributed by atoms with Crippen LogP contribution in [0.1, 0.15) is 96.3 Å². The van der Waals surface area contributed by atoms with Gasteiger partial charge in [0.25, 0.3) is 0 Å². The molecule has 54 nitrogen and oxygen atoms in total. The van der Waals surface area contributed by atoms with Crippen molar-refractivity contribution >= 4 is 47.9 Å². The maximum atomic E-state index is 12.6. The van der Waals surface area contributed by atoms with E-state index < -0.39 is 84.5 Å². The summed E-state index contributed by atoms with van der Waals surface area (Å²) >= 11 is 0. The summed E-state index contributed by atoms with van der Waals surface area (Å²) in [6.07, 6.45) is -4.27. The lowest BCUT2D eigenvalue weighted by atomic mass is 10.3. The van der Waals surface area contributed by atoms with Crippen molar-refractivity contribution in [3.63, 3.8) is 0 Å². The second kappa shape index (κ2) is 85.0. The third kappa shape index (κ3) is 76.2. The minimum Gasteiger partial charge on any atom is -0.466 e. The minimum atomic E-state index is -0.945. The van der Waals surface area contributed by atoms with E-state index in [1.165, 1.54) is 0 Å². The molecule has 0 rings (SSSR count). The molecule has 0 aromatic carbocycles. The molecule has 6 unspecified atom stereocenters. The number of ether oxygens (including phenoxy) is 21. The summed E-state index contributed by atoms with van der Waals surface area (Å²) in [6.45, 7) is -3.91. The van der Waals surface area contributed by atoms with Crippen LogP contribution in [0.5, 0.6) is 0 Å². The first-order valence-corrected chi connectivity index (χ1v) is 38.5. The van der Waals surface area contributed by atoms with Gasteiger partial charge in [-0.25, -0.2) is 4.79 Å². The van der Waals surface area contributed by atoms with E-state index in [2.05, 4.69) is 85.5 Å². The molecule has 674 valence electrons. The molecule has 54 heteroatoms. The van der Waals surface area contributed by atoms with Gasteiger partial charge in [0.15, 0.2) is 0 Å². The zero-order valence-corrected chi connectivity index (χ0v) is 67.3. The van der Waals surface area contributed by atoms with Crippen molar-refractivity contribution in [3.05, 3.63) is 83.5 Å². The van der Waals surface area contributed by atoms with Gasteiger partial charge in [0.2, 0.25) is 0 Å². The summed E-state index contributed by atoms with van der Waals surface area (Å²) < 4.78 is 121. The fraction of sp³-hybridized carbons (Fsp3) is 0.879. The van der Waals surface area contributed by atoms with Crippen LogP contribution >= 0.6 is 0 Å². The van der Waals surface area contributed by atoms with Crippen LogP contribution in [0.2, 0.25) is 0 Å². The van der Waals surface area contributed by atoms with Crippen molar-refractivity contribution in [1.29, 1.82) is 0 Å². The van der Waals surface area contributed by atoms with Gasteiger partial charge < -0.3 is 105 Å². The number of carbonyl (C=O) groups is 8. The summed E-state index contributed by atoms with van der Waals surface area (Å²) in [7, 11) is 0. The van der Waals surface area contributed by atoms with Crippen molar-refractivity contribution in [2.24, 2.45) is 40.9 Å². The molecule has 0 fully saturated rings. The number of esters is 7. The van der Waals surface area contributed by atoms with E-state index in [1.807, 2.05) is 0 Å². The molecule has 0 saturated heterocycles. The number of hydrogen-bond acceptors (Lipinski definition) is 37. The molecule has 0 spiro atoms. The summed E-state index contributed by atoms with van der Waals surface area (Å²) in [4.78, 5) is 120. The topological polar surface area (TPSA) is 733 Å². The number of carbonyl (C=O) groups excluding carboxylic acids is 8. The van der Waals surface area contributed by atoms with Crippen LogP contribution in [0.3, 0.4) is 0 Å². The summed E-state index contributed by atoms with van der Waals surface area (Å²) in [5, 5.41) is 29.6. The van der Waals surface area contributed by atoms with Crippen LogP contribution in [-0.4, -0.2) is 328 Å². The molecule has 0 aliphatic rings. The van der Waals surface area contributed by atoms with E-state index in [9.17, 15) is 38.4 Å². The molecule has 1 amide bonds. The molecule has 0 heterocycles. The predicted molar refractivity (Wildman–Crippen MR) is 412 cm³/mol. The minimum absolute atomic E-state index is 0.00417. The highest BCUT2D eigenvalue weighted by molar-refractivity contribution is 5.71. The number of amides is 1. The van der Waals surface area contributed by atoms with Crippen molar-refractivity contribution in [2.45, 2.75) is 133 Å². The van der Waals surface area contributed by atoms with Gasteiger partial charge >= 0.3 is 47.9 Å². The van der Waals surface area contributed by atoms with Gasteiger partial charge in [0, 0.05) is 156 Å². The Balaban J connectivity index is 7.02. The van der Waals surface area contributed by atoms with Crippen LogP contribution in [0.4, 0.5) is 4.79 Å². The fourth-order valence-corrected chi connectivity index (χ4v) is 8.89. The van der Waals surface area contributed by atoms with E-state index in [-0.39, 0.29) is 327 Å². The van der Waals surface area contributed by atoms with Crippen LogP contribution in [0.25, 0.3) is 83.5 Å². The van der Waals surface area contributed by atoms with Gasteiger partial charge in [0.05, 0.1) is 132 Å². The van der Waals surface area contributed by atoms with Crippen molar-refractivity contribution < 1.29 is 138 Å². The quantitative estimate of drug-likeness (QED) is 0.0149. The Morgan fingerprint density at radius 2 is 0.408 bits per heavy atom. The van der Waals surface area contributed by atoms with Crippen LogP contribution in [0.15, 0.2) is 40.9 Å². The second-order valence-corrected chi connectivity index (χ2v) is 24.1. The summed E-state index contributed by atoms with van der Waals surface area (Å²) in [6, 6.07) is 0. The summed E-state index contributed by atoms with van der Waals surface area (Å²) in [5.74, 6) is -3.98. The zero-order valence-electron chi connectivity index (χ0n) is 67.3. The predicted octanol–water partition coefficient (Wildman–Crippen LogP) is 8.28. The highest BCUT2D eigenvalue weighted by atomic mass is 16.6. The molecule has 0 saturated carbocycles. The van der Waals surface area contributed by atoms with E-state index in [4.69, 9.17) is 144 Å². The van der Waals surface area contributed by atoms with Crippen LogP contribution in [-0.2, 0) is 133 Å². The van der Waals surface area contributed by atoms with Crippen molar-refractivity contribution in [1.82, 2.24) is 5.32 Å². The number of hydrogen-bond donors (Lipinski definition) is 1. The number of alkyl carbamates (subject to hydrolysis) is 1. The van der Waals surface area contributed by atoms with Crippen molar-refractivity contribution in [3.8, 4) is 0 Å². The Bertz CT molecular complexity index is 3190. The molecule has 0 aliphatic heterocycles. The van der Waals surface area contributed by atoms with Crippen molar-refractivity contribution in [2.75, 3.05) is 244 Å². The first kappa shape index (κ1) is 110. The standard InChI is InChI=1S/C66H111N25O29/c67-84-76-16-1-9-59(92)113-26-8-25-100-41-53(107-29-35-114-60(93)10-2-17-77-85-68)43-102-45-55(109-31-37-116-62(95)12-4-19-79-87-70)47-104-49-57(111-33-39-118-64(97)14-6-21-81-89-72)51-106-52-58(112-34-40-119-65(98)15-7-22-82-90-73)50-105-48-56(110-32-38-117-63(96)13-5-20-80-88-71)46-103-44-54(108-30-36-115-61(94)11-3-18-78-86-69)42-101-27-28-120-66(99)75-23-24-83-91-74/h53-58H,1-52H2,(H,75,99). The molecule has 0 radical (unpaired) electrons. The number of nitrogens with one attached hydrogen (secondary N) is 1. The first-order valence-electron chi connectivity index (χ1n) is 38.5. The monoisotopic (exact) mass is 1720 g/mol. The smallest absolute Gasteiger partial charge is 0.407 e. The molecular formula is C66H111N25O29. The Kier molecular flexibility index (Phi) is 77.5. The molecule has 120 heavy (non-hydrogen) atoms. The lowest BCUT2D eigenvalue weighted by Crippen LogP contribution is -2.36. The normalized spacial score (nSPS) is 12.1. The van der Waals surface area contributed by atoms with E-state index >= 15 is 0 Å². The van der Waals surface area contributed by atoms with Gasteiger partial charge in [-0.1, -0.05) is 40.9 Å². The molecule has 6 atom stereocenters. The fourth-order valence-electron chi connectivity index (χ4n) is 8.89. The molecule has 0 aromatic heterocycles. The van der Waals surface area contributed by atoms with E-state index in [1.54, 1.807) is 0 Å². The third-order valence-electron chi connectivity index (χ3n) is 14.5. The summed E-state index contributed by atoms with van der Waals surface area (Å²) in [5.41, 5.74) is 68.7. The first-order chi connectivity index (χ1) is 58.7. The Morgan fingerprint density at radius 1 is 0.217 bits per heavy atom. The Hall–Kier alpha value is -10.5. The van der Waals surface area contributed by atoms with Crippen LogP contribution < -0.4 is 5.32 Å². The Labute approximate surface area is 690 Å². The van der Waals surface area contributed by atoms with E-state index in [0.717, 1.165) is 0 Å². The maximum absolute atomic E-state index is 12.6. The Morgan fingerprint density at radius 3 is 0.633 bits per heavy atom. The molecular weight excluding hydrogens is 1610 g/mol. The van der Waals surface area contributed by atoms with E-state index in [0.29, 0.717) is 12.8 Å². The number of nitrogens with zero attached hydrogens (tertiary/aromatic N) is 24. The lowest BCUT2D eigenvalue weighted by Gasteiger charge is -2.24. The van der Waals surface area contributed by atoms with Gasteiger partial charge in [-0.2, -0.15) is 0 Å². The zero-order chi connectivity index (χ0) is 87.7. The third-order valence-corrected chi connectivity index (χ3v) is 14.5. The average molecular weight is 1720 g/mol. The largest absolute Gasteiger partial charge is 0.466 e. The van der Waals surface area contributed by atoms with Gasteiger partial charge in [-0.05, 0) is 89.2 Å². The highest BCUT2D eigenvalue weighted by Gasteiger charge is 2.23. The van der Waals surface area contributed by atoms with Gasteiger partial charge in [-0.3, -0.25) is 33.6 Å². The molecule has 0 bridgehead atoms. The average Bonchev–Trinajstić information content (AvgIpc) is 0.947. The second-order valence-electron chi connectivity index (χ2n) is 24.1. The number of azide groups is 8. The molecule has 1 N–H and O–H groups in total. The number of rotatable bonds is 86. The lowest BCUT2D eigenvalue weighted by molar-refractivity contribution is -0.150. The van der Waals surface area contributed by atoms with Gasteiger partial charge in [0.1, 0.15) is 82.9 Å². The maximum Gasteiger partial charge on any atom is 0.407 e.